The summed E-state index contributed by atoms with van der Waals surface area (Å²) in [6, 6.07) is 16.3. The highest BCUT2D eigenvalue weighted by molar-refractivity contribution is 5.86. The van der Waals surface area contributed by atoms with Crippen LogP contribution >= 0.6 is 0 Å². The molecule has 5 nitrogen and oxygen atoms in total. The van der Waals surface area contributed by atoms with Crippen molar-refractivity contribution in [3.8, 4) is 0 Å². The number of hydrogen-bond donors (Lipinski definition) is 1. The summed E-state index contributed by atoms with van der Waals surface area (Å²) in [5.41, 5.74) is 6.32. The third-order valence-electron chi connectivity index (χ3n) is 5.26. The van der Waals surface area contributed by atoms with Crippen LogP contribution in [-0.4, -0.2) is 20.4 Å². The number of hydrogen-bond acceptors (Lipinski definition) is 3. The third-order valence-corrected chi connectivity index (χ3v) is 5.26. The summed E-state index contributed by atoms with van der Waals surface area (Å²) in [5.74, 6) is 0.00998. The Morgan fingerprint density at radius 3 is 2.55 bits per heavy atom. The molecular formula is C24H24N4O. The number of pyridine rings is 1. The molecule has 0 fully saturated rings. The Hall–Kier alpha value is -3.47. The van der Waals surface area contributed by atoms with Crippen LogP contribution in [0.25, 0.3) is 10.9 Å². The monoisotopic (exact) mass is 384 g/mol. The second kappa shape index (κ2) is 8.27. The van der Waals surface area contributed by atoms with Crippen molar-refractivity contribution in [2.75, 3.05) is 0 Å². The van der Waals surface area contributed by atoms with Gasteiger partial charge in [-0.1, -0.05) is 42.5 Å². The highest BCUT2D eigenvalue weighted by atomic mass is 16.1. The number of nitrogens with zero attached hydrogens (tertiary/aromatic N) is 3. The van der Waals surface area contributed by atoms with Gasteiger partial charge in [0.15, 0.2) is 0 Å². The third kappa shape index (κ3) is 4.35. The molecule has 1 amide bonds. The van der Waals surface area contributed by atoms with Crippen molar-refractivity contribution in [2.45, 2.75) is 33.4 Å². The molecule has 5 heteroatoms. The number of aromatic nitrogens is 3. The van der Waals surface area contributed by atoms with Crippen LogP contribution in [0.5, 0.6) is 0 Å². The molecule has 0 aliphatic carbocycles. The average molecular weight is 384 g/mol. The largest absolute Gasteiger partial charge is 0.352 e. The molecule has 2 heterocycles. The Labute approximate surface area is 170 Å². The van der Waals surface area contributed by atoms with Crippen LogP contribution in [0.2, 0.25) is 0 Å². The maximum Gasteiger partial charge on any atom is 0.224 e. The molecule has 0 radical (unpaired) electrons. The van der Waals surface area contributed by atoms with E-state index in [4.69, 9.17) is 0 Å². The highest BCUT2D eigenvalue weighted by Crippen LogP contribution is 2.22. The average Bonchev–Trinajstić information content (AvgIpc) is 3.24. The SMILES string of the molecule is Cc1nc2ccccc2c(C)c1CC(=O)NCc1ccc(Cn2ccnc2)cc1. The zero-order valence-corrected chi connectivity index (χ0v) is 16.7. The fourth-order valence-corrected chi connectivity index (χ4v) is 3.61. The standard InChI is InChI=1S/C24H24N4O/c1-17-21-5-3-4-6-23(21)27-18(2)22(17)13-24(29)26-14-19-7-9-20(10-8-19)15-28-12-11-25-16-28/h3-12,16H,13-15H2,1-2H3,(H,26,29). The number of amides is 1. The van der Waals surface area contributed by atoms with Gasteiger partial charge in [-0.3, -0.25) is 9.78 Å². The maximum atomic E-state index is 12.6. The van der Waals surface area contributed by atoms with Gasteiger partial charge < -0.3 is 9.88 Å². The zero-order valence-electron chi connectivity index (χ0n) is 16.7. The summed E-state index contributed by atoms with van der Waals surface area (Å²) in [4.78, 5) is 21.3. The van der Waals surface area contributed by atoms with Crippen molar-refractivity contribution in [3.05, 3.63) is 95.2 Å². The van der Waals surface area contributed by atoms with E-state index < -0.39 is 0 Å². The number of rotatable bonds is 6. The van der Waals surface area contributed by atoms with E-state index in [9.17, 15) is 4.79 Å². The van der Waals surface area contributed by atoms with E-state index in [-0.39, 0.29) is 5.91 Å². The van der Waals surface area contributed by atoms with Crippen LogP contribution < -0.4 is 5.32 Å². The predicted molar refractivity (Wildman–Crippen MR) is 115 cm³/mol. The molecule has 2 aromatic heterocycles. The van der Waals surface area contributed by atoms with Gasteiger partial charge in [0.1, 0.15) is 0 Å². The molecule has 0 spiro atoms. The van der Waals surface area contributed by atoms with E-state index in [1.807, 2.05) is 35.9 Å². The molecule has 2 aromatic carbocycles. The number of carbonyl (C=O) groups is 1. The summed E-state index contributed by atoms with van der Waals surface area (Å²) in [6.45, 7) is 5.35. The van der Waals surface area contributed by atoms with Crippen LogP contribution in [0.15, 0.2) is 67.3 Å². The molecule has 29 heavy (non-hydrogen) atoms. The van der Waals surface area contributed by atoms with Crippen molar-refractivity contribution in [3.63, 3.8) is 0 Å². The number of aryl methyl sites for hydroxylation is 2. The van der Waals surface area contributed by atoms with Crippen LogP contribution in [0.4, 0.5) is 0 Å². The molecule has 1 N–H and O–H groups in total. The van der Waals surface area contributed by atoms with Crippen molar-refractivity contribution < 1.29 is 4.79 Å². The van der Waals surface area contributed by atoms with Gasteiger partial charge in [-0.15, -0.1) is 0 Å². The number of carbonyl (C=O) groups excluding carboxylic acids is 1. The number of imidazole rings is 1. The van der Waals surface area contributed by atoms with Crippen molar-refractivity contribution in [1.82, 2.24) is 19.9 Å². The lowest BCUT2D eigenvalue weighted by Gasteiger charge is -2.13. The van der Waals surface area contributed by atoms with Gasteiger partial charge in [0.05, 0.1) is 18.3 Å². The second-order valence-electron chi connectivity index (χ2n) is 7.32. The minimum atomic E-state index is 0.00998. The van der Waals surface area contributed by atoms with E-state index in [1.165, 1.54) is 5.56 Å². The molecule has 0 saturated heterocycles. The summed E-state index contributed by atoms with van der Waals surface area (Å²) >= 11 is 0. The quantitative estimate of drug-likeness (QED) is 0.547. The molecule has 0 saturated carbocycles. The van der Waals surface area contributed by atoms with Crippen molar-refractivity contribution in [2.24, 2.45) is 0 Å². The summed E-state index contributed by atoms with van der Waals surface area (Å²) in [7, 11) is 0. The molecule has 4 rings (SSSR count). The first-order chi connectivity index (χ1) is 14.1. The van der Waals surface area contributed by atoms with Crippen LogP contribution in [0.1, 0.15) is 27.9 Å². The minimum absolute atomic E-state index is 0.00998. The number of benzene rings is 2. The maximum absolute atomic E-state index is 12.6. The first-order valence-electron chi connectivity index (χ1n) is 9.75. The van der Waals surface area contributed by atoms with E-state index in [1.54, 1.807) is 12.5 Å². The van der Waals surface area contributed by atoms with Crippen LogP contribution in [0.3, 0.4) is 0 Å². The minimum Gasteiger partial charge on any atom is -0.352 e. The van der Waals surface area contributed by atoms with Gasteiger partial charge in [0, 0.05) is 36.6 Å². The highest BCUT2D eigenvalue weighted by Gasteiger charge is 2.12. The van der Waals surface area contributed by atoms with E-state index in [0.29, 0.717) is 13.0 Å². The molecule has 4 aromatic rings. The smallest absolute Gasteiger partial charge is 0.224 e. The Balaban J connectivity index is 1.38. The zero-order chi connectivity index (χ0) is 20.2. The molecule has 0 atom stereocenters. The van der Waals surface area contributed by atoms with Crippen LogP contribution in [0, 0.1) is 13.8 Å². The molecular weight excluding hydrogens is 360 g/mol. The van der Waals surface area contributed by atoms with Gasteiger partial charge in [-0.05, 0) is 42.2 Å². The number of nitrogens with one attached hydrogen (secondary N) is 1. The first kappa shape index (κ1) is 18.9. The number of fused-ring (bicyclic) bond motifs is 1. The Morgan fingerprint density at radius 2 is 1.79 bits per heavy atom. The van der Waals surface area contributed by atoms with E-state index >= 15 is 0 Å². The second-order valence-corrected chi connectivity index (χ2v) is 7.32. The molecule has 146 valence electrons. The van der Waals surface area contributed by atoms with Crippen LogP contribution in [-0.2, 0) is 24.3 Å². The fraction of sp³-hybridized carbons (Fsp3) is 0.208. The first-order valence-corrected chi connectivity index (χ1v) is 9.75. The van der Waals surface area contributed by atoms with Gasteiger partial charge in [0.2, 0.25) is 5.91 Å². The lowest BCUT2D eigenvalue weighted by Crippen LogP contribution is -2.25. The van der Waals surface area contributed by atoms with Gasteiger partial charge in [-0.2, -0.15) is 0 Å². The Kier molecular flexibility index (Phi) is 5.38. The predicted octanol–water partition coefficient (Wildman–Crippen LogP) is 3.96. The molecule has 0 bridgehead atoms. The van der Waals surface area contributed by atoms with Crippen molar-refractivity contribution >= 4 is 16.8 Å². The summed E-state index contributed by atoms with van der Waals surface area (Å²) in [5, 5.41) is 4.14. The van der Waals surface area contributed by atoms with Gasteiger partial charge in [0.25, 0.3) is 0 Å². The lowest BCUT2D eigenvalue weighted by atomic mass is 9.99. The van der Waals surface area contributed by atoms with Gasteiger partial charge >= 0.3 is 0 Å². The number of para-hydroxylation sites is 1. The topological polar surface area (TPSA) is 59.8 Å². The van der Waals surface area contributed by atoms with E-state index in [2.05, 4.69) is 52.5 Å². The molecule has 0 aliphatic rings. The van der Waals surface area contributed by atoms with Gasteiger partial charge in [-0.25, -0.2) is 4.98 Å². The Bertz CT molecular complexity index is 1130. The fourth-order valence-electron chi connectivity index (χ4n) is 3.61. The molecule has 0 aliphatic heterocycles. The molecule has 0 unspecified atom stereocenters. The summed E-state index contributed by atoms with van der Waals surface area (Å²) in [6.07, 6.45) is 5.87. The van der Waals surface area contributed by atoms with E-state index in [0.717, 1.165) is 39.8 Å². The van der Waals surface area contributed by atoms with Crippen molar-refractivity contribution in [1.29, 1.82) is 0 Å². The Morgan fingerprint density at radius 1 is 1.03 bits per heavy atom. The normalized spacial score (nSPS) is 11.0. The lowest BCUT2D eigenvalue weighted by molar-refractivity contribution is -0.120. The summed E-state index contributed by atoms with van der Waals surface area (Å²) < 4.78 is 2.03.